The molecule has 1 radical (unpaired) electrons. The molecule has 1 saturated carbocycles. The fraction of sp³-hybridized carbons (Fsp3) is 0.750. The van der Waals surface area contributed by atoms with Gasteiger partial charge in [-0.2, -0.15) is 13.8 Å². The normalized spacial score (nSPS) is 22.7. The summed E-state index contributed by atoms with van der Waals surface area (Å²) in [5.74, 6) is 1.50. The Morgan fingerprint density at radius 3 is 1.78 bits per heavy atom. The summed E-state index contributed by atoms with van der Waals surface area (Å²) in [5, 5.41) is 0. The van der Waals surface area contributed by atoms with Crippen LogP contribution in [0.15, 0.2) is 0 Å². The zero-order chi connectivity index (χ0) is 6.20. The fourth-order valence-electron chi connectivity index (χ4n) is 1.10. The number of hydrogen-bond donors (Lipinski definition) is 0. The number of hydrogen-bond acceptors (Lipinski definition) is 0. The second-order valence-corrected chi connectivity index (χ2v) is 3.13. The van der Waals surface area contributed by atoms with Crippen LogP contribution < -0.4 is 0 Å². The van der Waals surface area contributed by atoms with E-state index in [1.807, 2.05) is 0 Å². The molecule has 0 aromatic carbocycles. The zero-order valence-electron chi connectivity index (χ0n) is 6.41. The van der Waals surface area contributed by atoms with Gasteiger partial charge in [0.25, 0.3) is 0 Å². The van der Waals surface area contributed by atoms with E-state index in [1.165, 1.54) is 25.2 Å². The van der Waals surface area contributed by atoms with Crippen LogP contribution in [0.5, 0.6) is 0 Å². The summed E-state index contributed by atoms with van der Waals surface area (Å²) in [6.45, 7) is 8.51. The Bertz CT molecular complexity index is 82.6. The minimum Gasteiger partial charge on any atom is -0.366 e. The molecule has 51 valence electrons. The van der Waals surface area contributed by atoms with E-state index in [0.29, 0.717) is 5.41 Å². The fourth-order valence-corrected chi connectivity index (χ4v) is 1.10. The van der Waals surface area contributed by atoms with Crippen LogP contribution in [0, 0.1) is 18.3 Å². The molecule has 0 unspecified atom stereocenters. The van der Waals surface area contributed by atoms with Crippen LogP contribution in [0.3, 0.4) is 0 Å². The molecule has 1 aliphatic carbocycles. The molecule has 0 amide bonds. The first-order chi connectivity index (χ1) is 3.65. The summed E-state index contributed by atoms with van der Waals surface area (Å²) in [7, 11) is 0. The molecule has 0 aliphatic heterocycles. The predicted octanol–water partition coefficient (Wildman–Crippen LogP) is 2.60. The molecule has 0 saturated heterocycles. The molecule has 0 atom stereocenters. The Morgan fingerprint density at radius 2 is 1.78 bits per heavy atom. The van der Waals surface area contributed by atoms with Gasteiger partial charge in [-0.15, -0.1) is 12.8 Å². The molecule has 0 bridgehead atoms. The predicted molar refractivity (Wildman–Crippen MR) is 36.2 cm³/mol. The summed E-state index contributed by atoms with van der Waals surface area (Å²) in [5.41, 5.74) is 0.389. The van der Waals surface area contributed by atoms with Gasteiger partial charge in [-0.05, 0) is 0 Å². The van der Waals surface area contributed by atoms with Crippen LogP contribution in [0.2, 0.25) is 0 Å². The Labute approximate surface area is 83.7 Å². The molecule has 0 aromatic heterocycles. The van der Waals surface area contributed by atoms with Crippen LogP contribution in [0.4, 0.5) is 0 Å². The molecule has 0 nitrogen and oxygen atoms in total. The Kier molecular flexibility index (Phi) is 3.91. The van der Waals surface area contributed by atoms with Gasteiger partial charge in [0.05, 0.1) is 0 Å². The first-order valence-electron chi connectivity index (χ1n) is 3.31. The summed E-state index contributed by atoms with van der Waals surface area (Å²) in [4.78, 5) is 0. The van der Waals surface area contributed by atoms with E-state index in [4.69, 9.17) is 0 Å². The van der Waals surface area contributed by atoms with E-state index >= 15 is 0 Å². The van der Waals surface area contributed by atoms with Crippen LogP contribution in [-0.4, -0.2) is 0 Å². The Balaban J connectivity index is 0.000000640. The second-order valence-electron chi connectivity index (χ2n) is 3.13. The van der Waals surface area contributed by atoms with Crippen molar-refractivity contribution < 1.29 is 32.7 Å². The van der Waals surface area contributed by atoms with Gasteiger partial charge in [-0.1, -0.05) is 6.42 Å². The van der Waals surface area contributed by atoms with Crippen LogP contribution in [0.1, 0.15) is 33.1 Å². The van der Waals surface area contributed by atoms with Crippen molar-refractivity contribution in [2.45, 2.75) is 33.1 Å². The molecule has 0 N–H and O–H groups in total. The average molecular weight is 199 g/mol. The maximum Gasteiger partial charge on any atom is 0 e. The largest absolute Gasteiger partial charge is 0.366 e. The molecule has 1 heteroatoms. The van der Waals surface area contributed by atoms with Crippen LogP contribution >= 0.6 is 0 Å². The molecular weight excluding hydrogens is 185 g/mol. The van der Waals surface area contributed by atoms with Crippen LogP contribution in [0.25, 0.3) is 0 Å². The number of rotatable bonds is 1. The van der Waals surface area contributed by atoms with E-state index in [1.54, 1.807) is 0 Å². The molecule has 9 heavy (non-hydrogen) atoms. The van der Waals surface area contributed by atoms with Gasteiger partial charge in [0, 0.05) is 32.7 Å². The van der Waals surface area contributed by atoms with Gasteiger partial charge in [-0.25, -0.2) is 0 Å². The van der Waals surface area contributed by atoms with Gasteiger partial charge in [0.2, 0.25) is 0 Å². The van der Waals surface area contributed by atoms with Crippen molar-refractivity contribution in [3.05, 3.63) is 12.8 Å². The third-order valence-electron chi connectivity index (χ3n) is 2.37. The SMILES string of the molecule is [CH2-]C1([C-](C)C)CCC1.[Y]. The summed E-state index contributed by atoms with van der Waals surface area (Å²) < 4.78 is 0. The van der Waals surface area contributed by atoms with Crippen LogP contribution in [-0.2, 0) is 32.7 Å². The minimum absolute atomic E-state index is 0. The molecule has 0 spiro atoms. The molecule has 0 heterocycles. The van der Waals surface area contributed by atoms with Crippen molar-refractivity contribution >= 4 is 0 Å². The molecular formula is C8H14Y-2. The molecule has 0 aromatic rings. The van der Waals surface area contributed by atoms with Crippen molar-refractivity contribution in [2.75, 3.05) is 0 Å². The zero-order valence-corrected chi connectivity index (χ0v) is 9.24. The Hall–Kier alpha value is 1.10. The average Bonchev–Trinajstić information content (AvgIpc) is 1.60. The minimum atomic E-state index is 0. The molecule has 1 fully saturated rings. The van der Waals surface area contributed by atoms with E-state index < -0.39 is 0 Å². The molecule has 1 aliphatic rings. The third-order valence-corrected chi connectivity index (χ3v) is 2.37. The summed E-state index contributed by atoms with van der Waals surface area (Å²) in [6.07, 6.45) is 4.01. The van der Waals surface area contributed by atoms with Crippen molar-refractivity contribution in [1.29, 1.82) is 0 Å². The standard InChI is InChI=1S/C8H14.Y/c1-7(2)8(3)5-4-6-8;/h3-6H2,1-2H3;/q-2;. The van der Waals surface area contributed by atoms with Crippen molar-refractivity contribution in [3.63, 3.8) is 0 Å². The van der Waals surface area contributed by atoms with Gasteiger partial charge >= 0.3 is 0 Å². The monoisotopic (exact) mass is 199 g/mol. The topological polar surface area (TPSA) is 0 Å². The quantitative estimate of drug-likeness (QED) is 0.569. The van der Waals surface area contributed by atoms with Gasteiger partial charge in [0.1, 0.15) is 0 Å². The molecule has 1 rings (SSSR count). The van der Waals surface area contributed by atoms with Crippen molar-refractivity contribution in [3.8, 4) is 0 Å². The Morgan fingerprint density at radius 1 is 1.33 bits per heavy atom. The second kappa shape index (κ2) is 3.48. The summed E-state index contributed by atoms with van der Waals surface area (Å²) >= 11 is 0. The van der Waals surface area contributed by atoms with E-state index in [9.17, 15) is 0 Å². The van der Waals surface area contributed by atoms with Crippen molar-refractivity contribution in [2.24, 2.45) is 5.41 Å². The first kappa shape index (κ1) is 10.1. The van der Waals surface area contributed by atoms with E-state index in [2.05, 4.69) is 20.8 Å². The maximum absolute atomic E-state index is 4.14. The third kappa shape index (κ3) is 2.01. The van der Waals surface area contributed by atoms with Gasteiger partial charge in [0.15, 0.2) is 0 Å². The van der Waals surface area contributed by atoms with Crippen molar-refractivity contribution in [1.82, 2.24) is 0 Å². The van der Waals surface area contributed by atoms with E-state index in [0.717, 1.165) is 0 Å². The first-order valence-corrected chi connectivity index (χ1v) is 3.31. The van der Waals surface area contributed by atoms with Gasteiger partial charge in [-0.3, -0.25) is 5.41 Å². The summed E-state index contributed by atoms with van der Waals surface area (Å²) in [6, 6.07) is 0. The van der Waals surface area contributed by atoms with Gasteiger partial charge < -0.3 is 12.8 Å². The maximum atomic E-state index is 4.14. The van der Waals surface area contributed by atoms with E-state index in [-0.39, 0.29) is 32.7 Å². The smallest absolute Gasteiger partial charge is 0 e.